The molecule has 0 aromatic rings. The van der Waals surface area contributed by atoms with E-state index in [2.05, 4.69) is 6.26 Å². The number of hydrogen-bond donors (Lipinski definition) is 2. The fraction of sp³-hybridized carbons (Fsp3) is 1.00. The van der Waals surface area contributed by atoms with Gasteiger partial charge in [0.25, 0.3) is 0 Å². The highest BCUT2D eigenvalue weighted by Gasteiger charge is 2.35. The zero-order valence-electron chi connectivity index (χ0n) is 11.3. The van der Waals surface area contributed by atoms with E-state index in [0.717, 1.165) is 31.4 Å². The van der Waals surface area contributed by atoms with E-state index in [9.17, 15) is 5.11 Å². The van der Waals surface area contributed by atoms with Crippen molar-refractivity contribution >= 4 is 11.8 Å². The molecule has 1 unspecified atom stereocenters. The van der Waals surface area contributed by atoms with Crippen molar-refractivity contribution in [3.63, 3.8) is 0 Å². The van der Waals surface area contributed by atoms with Gasteiger partial charge in [-0.2, -0.15) is 11.8 Å². The van der Waals surface area contributed by atoms with Crippen LogP contribution in [0, 0.1) is 5.41 Å². The number of nitrogens with two attached hydrogens (primary N) is 1. The molecule has 1 aliphatic rings. The lowest BCUT2D eigenvalue weighted by molar-refractivity contribution is 0.00436. The summed E-state index contributed by atoms with van der Waals surface area (Å²) in [5.74, 6) is 1.15. The van der Waals surface area contributed by atoms with Gasteiger partial charge in [-0.1, -0.05) is 32.1 Å². The van der Waals surface area contributed by atoms with E-state index in [4.69, 9.17) is 5.73 Å². The highest BCUT2D eigenvalue weighted by molar-refractivity contribution is 7.98. The van der Waals surface area contributed by atoms with Crippen molar-refractivity contribution in [1.29, 1.82) is 0 Å². The van der Waals surface area contributed by atoms with Crippen LogP contribution in [0.15, 0.2) is 0 Å². The average molecular weight is 259 g/mol. The van der Waals surface area contributed by atoms with E-state index in [1.807, 2.05) is 11.8 Å². The third kappa shape index (κ3) is 4.80. The second-order valence-corrected chi connectivity index (χ2v) is 6.47. The molecule has 102 valence electrons. The number of aliphatic hydroxyl groups excluding tert-OH is 1. The summed E-state index contributed by atoms with van der Waals surface area (Å²) in [6.45, 7) is 0.660. The van der Waals surface area contributed by atoms with Crippen molar-refractivity contribution in [3.8, 4) is 0 Å². The van der Waals surface area contributed by atoms with E-state index in [1.165, 1.54) is 32.1 Å². The Hall–Kier alpha value is 0.270. The Kier molecular flexibility index (Phi) is 7.56. The van der Waals surface area contributed by atoms with Gasteiger partial charge in [0.1, 0.15) is 0 Å². The topological polar surface area (TPSA) is 46.2 Å². The van der Waals surface area contributed by atoms with Crippen LogP contribution in [0.3, 0.4) is 0 Å². The van der Waals surface area contributed by atoms with Crippen molar-refractivity contribution < 1.29 is 5.11 Å². The molecule has 1 rings (SSSR count). The molecule has 3 heteroatoms. The largest absolute Gasteiger partial charge is 0.393 e. The minimum Gasteiger partial charge on any atom is -0.393 e. The third-order valence-corrected chi connectivity index (χ3v) is 4.99. The first-order valence-electron chi connectivity index (χ1n) is 7.12. The van der Waals surface area contributed by atoms with Gasteiger partial charge < -0.3 is 10.8 Å². The minimum atomic E-state index is -0.183. The molecule has 17 heavy (non-hydrogen) atoms. The molecule has 3 N–H and O–H groups in total. The van der Waals surface area contributed by atoms with E-state index < -0.39 is 0 Å². The number of rotatable bonds is 6. The molecule has 1 saturated carbocycles. The van der Waals surface area contributed by atoms with Crippen LogP contribution in [0.2, 0.25) is 0 Å². The first-order chi connectivity index (χ1) is 8.25. The van der Waals surface area contributed by atoms with Crippen molar-refractivity contribution in [1.82, 2.24) is 0 Å². The molecular weight excluding hydrogens is 230 g/mol. The summed E-state index contributed by atoms with van der Waals surface area (Å²) >= 11 is 1.86. The highest BCUT2D eigenvalue weighted by atomic mass is 32.2. The summed E-state index contributed by atoms with van der Waals surface area (Å²) in [6.07, 6.45) is 12.7. The predicted octanol–water partition coefficient (Wildman–Crippen LogP) is 3.18. The maximum absolute atomic E-state index is 10.5. The summed E-state index contributed by atoms with van der Waals surface area (Å²) < 4.78 is 0. The van der Waals surface area contributed by atoms with Gasteiger partial charge >= 0.3 is 0 Å². The average Bonchev–Trinajstić information content (AvgIpc) is 2.30. The van der Waals surface area contributed by atoms with E-state index >= 15 is 0 Å². The number of thioether (sulfide) groups is 1. The maximum Gasteiger partial charge on any atom is 0.0608 e. The van der Waals surface area contributed by atoms with Crippen LogP contribution in [0.4, 0.5) is 0 Å². The Balaban J connectivity index is 2.50. The van der Waals surface area contributed by atoms with Crippen LogP contribution in [-0.4, -0.2) is 29.8 Å². The monoisotopic (exact) mass is 259 g/mol. The summed E-state index contributed by atoms with van der Waals surface area (Å²) in [4.78, 5) is 0. The van der Waals surface area contributed by atoms with Gasteiger partial charge in [0.2, 0.25) is 0 Å². The first kappa shape index (κ1) is 15.3. The summed E-state index contributed by atoms with van der Waals surface area (Å²) in [6, 6.07) is 0. The van der Waals surface area contributed by atoms with Gasteiger partial charge in [-0.25, -0.2) is 0 Å². The normalized spacial score (nSPS) is 22.8. The molecule has 0 heterocycles. The number of aliphatic hydroxyl groups is 1. The Morgan fingerprint density at radius 3 is 2.29 bits per heavy atom. The van der Waals surface area contributed by atoms with Crippen LogP contribution in [0.1, 0.15) is 57.8 Å². The summed E-state index contributed by atoms with van der Waals surface area (Å²) in [5, 5.41) is 10.5. The standard InChI is InChI=1S/C14H29NOS/c1-17-11-7-8-13(16)14(12-15)9-5-3-2-4-6-10-14/h13,16H,2-12,15H2,1H3. The molecule has 0 radical (unpaired) electrons. The van der Waals surface area contributed by atoms with Crippen LogP contribution < -0.4 is 5.73 Å². The number of hydrogen-bond acceptors (Lipinski definition) is 3. The van der Waals surface area contributed by atoms with Crippen LogP contribution >= 0.6 is 11.8 Å². The summed E-state index contributed by atoms with van der Waals surface area (Å²) in [7, 11) is 0. The second kappa shape index (κ2) is 8.39. The van der Waals surface area contributed by atoms with Crippen LogP contribution in [-0.2, 0) is 0 Å². The molecule has 0 spiro atoms. The maximum atomic E-state index is 10.5. The lowest BCUT2D eigenvalue weighted by Gasteiger charge is -2.39. The van der Waals surface area contributed by atoms with Gasteiger partial charge in [-0.15, -0.1) is 0 Å². The zero-order valence-corrected chi connectivity index (χ0v) is 12.1. The molecule has 1 aliphatic carbocycles. The fourth-order valence-electron chi connectivity index (χ4n) is 3.01. The Labute approximate surface area is 111 Å². The van der Waals surface area contributed by atoms with Crippen LogP contribution in [0.5, 0.6) is 0 Å². The lowest BCUT2D eigenvalue weighted by atomic mass is 9.71. The minimum absolute atomic E-state index is 0.0266. The van der Waals surface area contributed by atoms with Gasteiger partial charge in [-0.05, 0) is 37.7 Å². The third-order valence-electron chi connectivity index (χ3n) is 4.29. The smallest absolute Gasteiger partial charge is 0.0608 e. The molecule has 0 amide bonds. The van der Waals surface area contributed by atoms with E-state index in [0.29, 0.717) is 6.54 Å². The zero-order chi connectivity index (χ0) is 12.6. The highest BCUT2D eigenvalue weighted by Crippen LogP contribution is 2.38. The van der Waals surface area contributed by atoms with Crippen molar-refractivity contribution in [3.05, 3.63) is 0 Å². The molecule has 0 aromatic heterocycles. The van der Waals surface area contributed by atoms with Crippen molar-refractivity contribution in [2.45, 2.75) is 63.9 Å². The van der Waals surface area contributed by atoms with E-state index in [1.54, 1.807) is 0 Å². The van der Waals surface area contributed by atoms with E-state index in [-0.39, 0.29) is 11.5 Å². The van der Waals surface area contributed by atoms with Crippen molar-refractivity contribution in [2.75, 3.05) is 18.6 Å². The molecule has 1 atom stereocenters. The lowest BCUT2D eigenvalue weighted by Crippen LogP contribution is -2.42. The Morgan fingerprint density at radius 2 is 1.76 bits per heavy atom. The summed E-state index contributed by atoms with van der Waals surface area (Å²) in [5.41, 5.74) is 6.03. The first-order valence-corrected chi connectivity index (χ1v) is 8.51. The molecule has 0 aromatic carbocycles. The fourth-order valence-corrected chi connectivity index (χ4v) is 3.47. The quantitative estimate of drug-likeness (QED) is 0.720. The van der Waals surface area contributed by atoms with Gasteiger partial charge in [0, 0.05) is 12.0 Å². The van der Waals surface area contributed by atoms with Gasteiger partial charge in [-0.3, -0.25) is 0 Å². The molecule has 0 bridgehead atoms. The predicted molar refractivity (Wildman–Crippen MR) is 77.4 cm³/mol. The van der Waals surface area contributed by atoms with Gasteiger partial charge in [0.15, 0.2) is 0 Å². The molecule has 2 nitrogen and oxygen atoms in total. The van der Waals surface area contributed by atoms with Crippen molar-refractivity contribution in [2.24, 2.45) is 11.1 Å². The van der Waals surface area contributed by atoms with Crippen LogP contribution in [0.25, 0.3) is 0 Å². The Morgan fingerprint density at radius 1 is 1.18 bits per heavy atom. The second-order valence-electron chi connectivity index (χ2n) is 5.49. The molecular formula is C14H29NOS. The molecule has 0 aliphatic heterocycles. The molecule has 1 fully saturated rings. The SMILES string of the molecule is CSCCCC(O)C1(CN)CCCCCCC1. The Bertz CT molecular complexity index is 191. The molecule has 0 saturated heterocycles. The van der Waals surface area contributed by atoms with Gasteiger partial charge in [0.05, 0.1) is 6.10 Å².